The first kappa shape index (κ1) is 19.7. The van der Waals surface area contributed by atoms with Crippen molar-refractivity contribution in [3.63, 3.8) is 0 Å². The van der Waals surface area contributed by atoms with Gasteiger partial charge in [0, 0.05) is 32.4 Å². The maximum absolute atomic E-state index is 13.8. The smallest absolute Gasteiger partial charge is 0.406 e. The number of rotatable bonds is 3. The number of benzene rings is 1. The molecule has 11 heteroatoms. The number of halogens is 4. The van der Waals surface area contributed by atoms with Gasteiger partial charge in [0.15, 0.2) is 11.6 Å². The van der Waals surface area contributed by atoms with Gasteiger partial charge in [0.2, 0.25) is 5.96 Å². The van der Waals surface area contributed by atoms with E-state index in [4.69, 9.17) is 0 Å². The maximum atomic E-state index is 13.8. The first-order valence-corrected chi connectivity index (χ1v) is 8.31. The minimum atomic E-state index is -4.77. The molecule has 1 aromatic heterocycles. The second-order valence-electron chi connectivity index (χ2n) is 5.87. The van der Waals surface area contributed by atoms with Crippen molar-refractivity contribution in [1.29, 1.82) is 0 Å². The second-order valence-corrected chi connectivity index (χ2v) is 5.87. The Labute approximate surface area is 157 Å². The van der Waals surface area contributed by atoms with Crippen LogP contribution in [0.5, 0.6) is 5.75 Å². The number of hydrogen-bond donors (Lipinski definition) is 2. The number of piperazine rings is 1. The summed E-state index contributed by atoms with van der Waals surface area (Å²) < 4.78 is 54.2. The normalized spacial score (nSPS) is 15.5. The number of alkyl halides is 3. The molecule has 2 heterocycles. The zero-order valence-electron chi connectivity index (χ0n) is 14.5. The van der Waals surface area contributed by atoms with Gasteiger partial charge in [-0.15, -0.1) is 13.2 Å². The number of aromatic nitrogens is 1. The first-order chi connectivity index (χ1) is 13.4. The fourth-order valence-corrected chi connectivity index (χ4v) is 2.75. The molecule has 0 amide bonds. The highest BCUT2D eigenvalue weighted by molar-refractivity contribution is 5.82. The van der Waals surface area contributed by atoms with E-state index in [2.05, 4.69) is 14.7 Å². The molecule has 150 valence electrons. The van der Waals surface area contributed by atoms with Crippen LogP contribution in [0.15, 0.2) is 47.6 Å². The summed E-state index contributed by atoms with van der Waals surface area (Å²) in [4.78, 5) is 11.7. The maximum Gasteiger partial charge on any atom is 0.573 e. The topological polar surface area (TPSA) is 73.2 Å². The Morgan fingerprint density at radius 2 is 1.79 bits per heavy atom. The number of anilines is 1. The number of pyridine rings is 1. The molecule has 2 aromatic rings. The van der Waals surface area contributed by atoms with Crippen molar-refractivity contribution < 1.29 is 27.5 Å². The minimum absolute atomic E-state index is 0.130. The van der Waals surface area contributed by atoms with E-state index in [9.17, 15) is 22.8 Å². The first-order valence-electron chi connectivity index (χ1n) is 8.31. The Morgan fingerprint density at radius 3 is 2.36 bits per heavy atom. The number of ether oxygens (including phenoxy) is 1. The molecule has 0 atom stereocenters. The largest absolute Gasteiger partial charge is 0.573 e. The number of hydroxylamine groups is 1. The highest BCUT2D eigenvalue weighted by atomic mass is 19.4. The van der Waals surface area contributed by atoms with Crippen LogP contribution in [0.25, 0.3) is 0 Å². The van der Waals surface area contributed by atoms with E-state index >= 15 is 0 Å². The van der Waals surface area contributed by atoms with E-state index in [0.29, 0.717) is 31.9 Å². The summed E-state index contributed by atoms with van der Waals surface area (Å²) >= 11 is 0. The lowest BCUT2D eigenvalue weighted by molar-refractivity contribution is -0.274. The molecule has 0 saturated carbocycles. The molecule has 1 aliphatic heterocycles. The lowest BCUT2D eigenvalue weighted by atomic mass is 10.3. The van der Waals surface area contributed by atoms with Crippen molar-refractivity contribution in [2.75, 3.05) is 31.1 Å². The summed E-state index contributed by atoms with van der Waals surface area (Å²) in [6.45, 7) is 1.76. The minimum Gasteiger partial charge on any atom is -0.406 e. The quantitative estimate of drug-likeness (QED) is 0.358. The highest BCUT2D eigenvalue weighted by Gasteiger charge is 2.31. The van der Waals surface area contributed by atoms with Gasteiger partial charge in [0.25, 0.3) is 0 Å². The van der Waals surface area contributed by atoms with Gasteiger partial charge in [-0.1, -0.05) is 0 Å². The molecular weight excluding hydrogens is 382 g/mol. The molecule has 1 saturated heterocycles. The van der Waals surface area contributed by atoms with Crippen molar-refractivity contribution in [2.24, 2.45) is 4.99 Å². The molecule has 3 rings (SSSR count). The van der Waals surface area contributed by atoms with Crippen LogP contribution in [0.3, 0.4) is 0 Å². The van der Waals surface area contributed by atoms with Crippen molar-refractivity contribution in [1.82, 2.24) is 15.4 Å². The molecule has 28 heavy (non-hydrogen) atoms. The summed E-state index contributed by atoms with van der Waals surface area (Å²) in [7, 11) is 0. The zero-order valence-corrected chi connectivity index (χ0v) is 14.5. The fraction of sp³-hybridized carbons (Fsp3) is 0.294. The van der Waals surface area contributed by atoms with Gasteiger partial charge < -0.3 is 14.5 Å². The summed E-state index contributed by atoms with van der Waals surface area (Å²) in [6.07, 6.45) is -3.26. The average Bonchev–Trinajstić information content (AvgIpc) is 2.67. The van der Waals surface area contributed by atoms with Crippen LogP contribution in [-0.4, -0.2) is 53.6 Å². The third kappa shape index (κ3) is 5.00. The van der Waals surface area contributed by atoms with Gasteiger partial charge in [-0.3, -0.25) is 5.21 Å². The van der Waals surface area contributed by atoms with Crippen LogP contribution in [-0.2, 0) is 0 Å². The van der Waals surface area contributed by atoms with Crippen molar-refractivity contribution in [2.45, 2.75) is 6.36 Å². The number of nitrogens with one attached hydrogen (secondary N) is 1. The lowest BCUT2D eigenvalue weighted by Gasteiger charge is -2.36. The Hall–Kier alpha value is -3.08. The second kappa shape index (κ2) is 8.30. The monoisotopic (exact) mass is 399 g/mol. The molecule has 0 unspecified atom stereocenters. The fourth-order valence-electron chi connectivity index (χ4n) is 2.75. The van der Waals surface area contributed by atoms with E-state index in [-0.39, 0.29) is 17.5 Å². The molecule has 7 nitrogen and oxygen atoms in total. The Balaban J connectivity index is 1.65. The van der Waals surface area contributed by atoms with Gasteiger partial charge in [0.05, 0.1) is 5.69 Å². The third-order valence-corrected chi connectivity index (χ3v) is 4.02. The van der Waals surface area contributed by atoms with Gasteiger partial charge in [0.1, 0.15) is 5.75 Å². The molecule has 1 aliphatic rings. The molecule has 1 fully saturated rings. The van der Waals surface area contributed by atoms with E-state index in [1.807, 2.05) is 5.48 Å². The predicted octanol–water partition coefficient (Wildman–Crippen LogP) is 2.91. The predicted molar refractivity (Wildman–Crippen MR) is 93.1 cm³/mol. The van der Waals surface area contributed by atoms with Crippen molar-refractivity contribution >= 4 is 17.5 Å². The zero-order chi connectivity index (χ0) is 20.1. The van der Waals surface area contributed by atoms with E-state index in [0.717, 1.165) is 12.1 Å². The SMILES string of the molecule is ONC(=Nc1ccc(OC(F)(F)F)cc1)N1CCN(c2ncccc2F)CC1. The summed E-state index contributed by atoms with van der Waals surface area (Å²) in [6, 6.07) is 7.77. The van der Waals surface area contributed by atoms with Gasteiger partial charge >= 0.3 is 6.36 Å². The van der Waals surface area contributed by atoms with Crippen LogP contribution in [0.4, 0.5) is 29.1 Å². The molecule has 2 N–H and O–H groups in total. The molecule has 0 radical (unpaired) electrons. The molecule has 0 aliphatic carbocycles. The van der Waals surface area contributed by atoms with Crippen molar-refractivity contribution in [3.05, 3.63) is 48.4 Å². The summed E-state index contributed by atoms with van der Waals surface area (Å²) in [5.41, 5.74) is 2.32. The van der Waals surface area contributed by atoms with Crippen LogP contribution in [0, 0.1) is 5.82 Å². The van der Waals surface area contributed by atoms with Gasteiger partial charge in [-0.25, -0.2) is 19.8 Å². The van der Waals surface area contributed by atoms with Crippen LogP contribution >= 0.6 is 0 Å². The van der Waals surface area contributed by atoms with E-state index in [1.54, 1.807) is 9.80 Å². The molecular formula is C17H17F4N5O2. The van der Waals surface area contributed by atoms with Gasteiger partial charge in [-0.05, 0) is 36.4 Å². The standard InChI is InChI=1S/C17H17F4N5O2/c18-14-2-1-7-22-15(14)25-8-10-26(11-9-25)16(24-27)23-12-3-5-13(6-4-12)28-17(19,20)21/h1-7,27H,8-11H2,(H,23,24). The number of guanidine groups is 1. The Morgan fingerprint density at radius 1 is 1.11 bits per heavy atom. The van der Waals surface area contributed by atoms with Crippen LogP contribution in [0.1, 0.15) is 0 Å². The molecule has 1 aromatic carbocycles. The highest BCUT2D eigenvalue weighted by Crippen LogP contribution is 2.25. The van der Waals surface area contributed by atoms with Crippen LogP contribution < -0.4 is 15.1 Å². The Bertz CT molecular complexity index is 821. The third-order valence-electron chi connectivity index (χ3n) is 4.02. The molecule has 0 spiro atoms. The lowest BCUT2D eigenvalue weighted by Crippen LogP contribution is -2.52. The average molecular weight is 399 g/mol. The van der Waals surface area contributed by atoms with E-state index < -0.39 is 12.2 Å². The van der Waals surface area contributed by atoms with Crippen molar-refractivity contribution in [3.8, 4) is 5.75 Å². The van der Waals surface area contributed by atoms with Gasteiger partial charge in [-0.2, -0.15) is 0 Å². The molecule has 0 bridgehead atoms. The summed E-state index contributed by atoms with van der Waals surface area (Å²) in [5.74, 6) is -0.384. The number of nitrogens with zero attached hydrogens (tertiary/aromatic N) is 4. The summed E-state index contributed by atoms with van der Waals surface area (Å²) in [5, 5.41) is 9.39. The van der Waals surface area contributed by atoms with Crippen LogP contribution in [0.2, 0.25) is 0 Å². The number of hydrogen-bond acceptors (Lipinski definition) is 5. The van der Waals surface area contributed by atoms with E-state index in [1.165, 1.54) is 30.5 Å². The Kier molecular flexibility index (Phi) is 5.83. The number of aliphatic imine (C=N–C) groups is 1.